The molecule has 2 atom stereocenters. The lowest BCUT2D eigenvalue weighted by atomic mass is 10.0. The average molecular weight is 188 g/mol. The molecular formula is C7H10BrN. The van der Waals surface area contributed by atoms with Crippen molar-refractivity contribution in [1.82, 2.24) is 0 Å². The lowest BCUT2D eigenvalue weighted by Gasteiger charge is -2.14. The van der Waals surface area contributed by atoms with E-state index in [2.05, 4.69) is 28.9 Å². The summed E-state index contributed by atoms with van der Waals surface area (Å²) >= 11 is 3.49. The van der Waals surface area contributed by atoms with Crippen molar-refractivity contribution in [1.29, 1.82) is 0 Å². The van der Waals surface area contributed by atoms with Crippen LogP contribution in [0.25, 0.3) is 0 Å². The molecule has 2 heteroatoms. The second kappa shape index (κ2) is 2.56. The standard InChI is InChI=1S/C7H10BrN/c1-5-2-3-6(9)4-7(5)8/h2-5,7H,9H2,1H3. The number of hydrogen-bond donors (Lipinski definition) is 1. The molecular weight excluding hydrogens is 178 g/mol. The van der Waals surface area contributed by atoms with Gasteiger partial charge in [0, 0.05) is 10.5 Å². The van der Waals surface area contributed by atoms with Crippen LogP contribution in [-0.2, 0) is 0 Å². The van der Waals surface area contributed by atoms with Gasteiger partial charge in [0.2, 0.25) is 0 Å². The minimum atomic E-state index is 0.419. The van der Waals surface area contributed by atoms with Gasteiger partial charge in [-0.2, -0.15) is 0 Å². The van der Waals surface area contributed by atoms with Crippen LogP contribution in [0.4, 0.5) is 0 Å². The van der Waals surface area contributed by atoms with Gasteiger partial charge >= 0.3 is 0 Å². The van der Waals surface area contributed by atoms with Crippen LogP contribution in [0.3, 0.4) is 0 Å². The molecule has 1 aliphatic carbocycles. The summed E-state index contributed by atoms with van der Waals surface area (Å²) in [6, 6.07) is 0. The number of rotatable bonds is 0. The zero-order valence-electron chi connectivity index (χ0n) is 5.34. The van der Waals surface area contributed by atoms with Crippen LogP contribution < -0.4 is 5.73 Å². The summed E-state index contributed by atoms with van der Waals surface area (Å²) in [6.45, 7) is 2.15. The Kier molecular flexibility index (Phi) is 1.96. The largest absolute Gasteiger partial charge is 0.399 e. The lowest BCUT2D eigenvalue weighted by molar-refractivity contribution is 0.755. The topological polar surface area (TPSA) is 26.0 Å². The summed E-state index contributed by atoms with van der Waals surface area (Å²) in [6.07, 6.45) is 6.07. The van der Waals surface area contributed by atoms with Gasteiger partial charge in [-0.05, 0) is 18.1 Å². The van der Waals surface area contributed by atoms with Crippen molar-refractivity contribution < 1.29 is 0 Å². The maximum Gasteiger partial charge on any atom is 0.0408 e. The quantitative estimate of drug-likeness (QED) is 0.576. The maximum absolute atomic E-state index is 5.53. The van der Waals surface area contributed by atoms with Gasteiger partial charge in [-0.1, -0.05) is 28.9 Å². The summed E-state index contributed by atoms with van der Waals surface area (Å²) in [7, 11) is 0. The third-order valence-electron chi connectivity index (χ3n) is 1.45. The predicted octanol–water partition coefficient (Wildman–Crippen LogP) is 1.80. The molecule has 0 bridgehead atoms. The third kappa shape index (κ3) is 1.58. The molecule has 0 aliphatic heterocycles. The summed E-state index contributed by atoms with van der Waals surface area (Å²) in [5.41, 5.74) is 6.39. The third-order valence-corrected chi connectivity index (χ3v) is 2.54. The first-order valence-corrected chi connectivity index (χ1v) is 3.91. The van der Waals surface area contributed by atoms with Crippen molar-refractivity contribution in [2.75, 3.05) is 0 Å². The van der Waals surface area contributed by atoms with E-state index < -0.39 is 0 Å². The van der Waals surface area contributed by atoms with Crippen LogP contribution in [0.15, 0.2) is 23.9 Å². The Hall–Kier alpha value is -0.240. The first-order chi connectivity index (χ1) is 4.20. The second-order valence-electron chi connectivity index (χ2n) is 2.33. The fraction of sp³-hybridized carbons (Fsp3) is 0.429. The number of halogens is 1. The van der Waals surface area contributed by atoms with E-state index in [1.54, 1.807) is 0 Å². The molecule has 0 radical (unpaired) electrons. The molecule has 0 saturated carbocycles. The molecule has 9 heavy (non-hydrogen) atoms. The lowest BCUT2D eigenvalue weighted by Crippen LogP contribution is -2.12. The van der Waals surface area contributed by atoms with Crippen LogP contribution in [0.5, 0.6) is 0 Å². The summed E-state index contributed by atoms with van der Waals surface area (Å²) in [5, 5.41) is 0. The number of alkyl halides is 1. The van der Waals surface area contributed by atoms with Gasteiger partial charge in [-0.15, -0.1) is 0 Å². The zero-order valence-corrected chi connectivity index (χ0v) is 6.93. The molecule has 0 aromatic heterocycles. The zero-order chi connectivity index (χ0) is 6.85. The van der Waals surface area contributed by atoms with Gasteiger partial charge in [-0.25, -0.2) is 0 Å². The molecule has 2 N–H and O–H groups in total. The SMILES string of the molecule is CC1C=CC(N)=CC1Br. The molecule has 0 aromatic carbocycles. The van der Waals surface area contributed by atoms with Gasteiger partial charge in [0.05, 0.1) is 0 Å². The van der Waals surface area contributed by atoms with E-state index in [1.165, 1.54) is 0 Å². The van der Waals surface area contributed by atoms with E-state index in [4.69, 9.17) is 5.73 Å². The van der Waals surface area contributed by atoms with Crippen LogP contribution in [0.1, 0.15) is 6.92 Å². The molecule has 1 aliphatic rings. The molecule has 1 rings (SSSR count). The molecule has 0 fully saturated rings. The Morgan fingerprint density at radius 2 is 2.33 bits per heavy atom. The average Bonchev–Trinajstić information content (AvgIpc) is 1.80. The van der Waals surface area contributed by atoms with Crippen molar-refractivity contribution in [2.24, 2.45) is 11.7 Å². The van der Waals surface area contributed by atoms with Crippen LogP contribution in [0, 0.1) is 5.92 Å². The minimum Gasteiger partial charge on any atom is -0.399 e. The van der Waals surface area contributed by atoms with Gasteiger partial charge in [0.1, 0.15) is 0 Å². The summed E-state index contributed by atoms with van der Waals surface area (Å²) in [4.78, 5) is 0.419. The van der Waals surface area contributed by atoms with E-state index in [0.29, 0.717) is 10.7 Å². The smallest absolute Gasteiger partial charge is 0.0408 e. The normalized spacial score (nSPS) is 34.2. The van der Waals surface area contributed by atoms with Gasteiger partial charge in [-0.3, -0.25) is 0 Å². The summed E-state index contributed by atoms with van der Waals surface area (Å²) < 4.78 is 0. The highest BCUT2D eigenvalue weighted by molar-refractivity contribution is 9.09. The molecule has 2 unspecified atom stereocenters. The van der Waals surface area contributed by atoms with Crippen LogP contribution in [0.2, 0.25) is 0 Å². The molecule has 50 valence electrons. The number of nitrogens with two attached hydrogens (primary N) is 1. The predicted molar refractivity (Wildman–Crippen MR) is 43.3 cm³/mol. The second-order valence-corrected chi connectivity index (χ2v) is 3.39. The Morgan fingerprint density at radius 1 is 1.67 bits per heavy atom. The Balaban J connectivity index is 2.70. The van der Waals surface area contributed by atoms with Crippen molar-refractivity contribution in [3.63, 3.8) is 0 Å². The van der Waals surface area contributed by atoms with E-state index >= 15 is 0 Å². The fourth-order valence-electron chi connectivity index (χ4n) is 0.760. The molecule has 0 aromatic rings. The van der Waals surface area contributed by atoms with Crippen LogP contribution in [-0.4, -0.2) is 4.83 Å². The van der Waals surface area contributed by atoms with E-state index in [-0.39, 0.29) is 0 Å². The Labute approximate surface area is 63.8 Å². The summed E-state index contributed by atoms with van der Waals surface area (Å²) in [5.74, 6) is 0.567. The van der Waals surface area contributed by atoms with Crippen LogP contribution >= 0.6 is 15.9 Å². The highest BCUT2D eigenvalue weighted by Crippen LogP contribution is 2.20. The molecule has 0 heterocycles. The monoisotopic (exact) mass is 187 g/mol. The van der Waals surface area contributed by atoms with Crippen molar-refractivity contribution in [3.8, 4) is 0 Å². The van der Waals surface area contributed by atoms with Gasteiger partial charge in [0.25, 0.3) is 0 Å². The Bertz CT molecular complexity index is 160. The van der Waals surface area contributed by atoms with Gasteiger partial charge < -0.3 is 5.73 Å². The van der Waals surface area contributed by atoms with Gasteiger partial charge in [0.15, 0.2) is 0 Å². The molecule has 0 amide bonds. The maximum atomic E-state index is 5.53. The number of hydrogen-bond acceptors (Lipinski definition) is 1. The first-order valence-electron chi connectivity index (χ1n) is 2.99. The Morgan fingerprint density at radius 3 is 2.78 bits per heavy atom. The van der Waals surface area contributed by atoms with Crippen molar-refractivity contribution in [2.45, 2.75) is 11.8 Å². The highest BCUT2D eigenvalue weighted by Gasteiger charge is 2.11. The first kappa shape index (κ1) is 6.87. The van der Waals surface area contributed by atoms with E-state index in [1.807, 2.05) is 12.2 Å². The van der Waals surface area contributed by atoms with E-state index in [0.717, 1.165) is 5.70 Å². The van der Waals surface area contributed by atoms with Crippen molar-refractivity contribution in [3.05, 3.63) is 23.9 Å². The molecule has 1 nitrogen and oxygen atoms in total. The fourth-order valence-corrected chi connectivity index (χ4v) is 1.24. The molecule has 0 saturated heterocycles. The minimum absolute atomic E-state index is 0.419. The van der Waals surface area contributed by atoms with E-state index in [9.17, 15) is 0 Å². The highest BCUT2D eigenvalue weighted by atomic mass is 79.9. The number of allylic oxidation sites excluding steroid dienone is 3. The van der Waals surface area contributed by atoms with Crippen molar-refractivity contribution >= 4 is 15.9 Å². The molecule has 0 spiro atoms.